The zero-order valence-corrected chi connectivity index (χ0v) is 17.0. The van der Waals surface area contributed by atoms with Crippen LogP contribution in [0.4, 0.5) is 5.69 Å². The minimum absolute atomic E-state index is 0.168. The topological polar surface area (TPSA) is 79.0 Å². The van der Waals surface area contributed by atoms with Crippen LogP contribution in [-0.4, -0.2) is 63.4 Å². The Balaban J connectivity index is 1.55. The molecule has 150 valence electrons. The number of carbonyl (C=O) groups is 1. The molecular weight excluding hydrogens is 402 g/mol. The summed E-state index contributed by atoms with van der Waals surface area (Å²) in [6.45, 7) is 1.80. The van der Waals surface area contributed by atoms with Crippen molar-refractivity contribution >= 4 is 33.2 Å². The Morgan fingerprint density at radius 1 is 1.07 bits per heavy atom. The number of benzene rings is 2. The Labute approximate surface area is 169 Å². The van der Waals surface area contributed by atoms with Crippen molar-refractivity contribution in [2.24, 2.45) is 0 Å². The van der Waals surface area contributed by atoms with E-state index < -0.39 is 10.0 Å². The molecule has 0 saturated carbocycles. The van der Waals surface area contributed by atoms with Crippen LogP contribution in [0.2, 0.25) is 5.02 Å². The third-order valence-corrected chi connectivity index (χ3v) is 6.70. The number of hydrogen-bond donors (Lipinski definition) is 1. The summed E-state index contributed by atoms with van der Waals surface area (Å²) in [6.07, 6.45) is 0. The van der Waals surface area contributed by atoms with Gasteiger partial charge in [-0.1, -0.05) is 23.7 Å². The lowest BCUT2D eigenvalue weighted by Gasteiger charge is -2.33. The van der Waals surface area contributed by atoms with Gasteiger partial charge in [-0.3, -0.25) is 9.69 Å². The number of carbonyl (C=O) groups excluding carboxylic acids is 1. The van der Waals surface area contributed by atoms with Crippen LogP contribution in [0, 0.1) is 0 Å². The van der Waals surface area contributed by atoms with Crippen molar-refractivity contribution in [2.45, 2.75) is 4.90 Å². The highest BCUT2D eigenvalue weighted by Crippen LogP contribution is 2.23. The van der Waals surface area contributed by atoms with E-state index in [-0.39, 0.29) is 17.3 Å². The zero-order chi connectivity index (χ0) is 20.1. The van der Waals surface area contributed by atoms with Crippen molar-refractivity contribution < 1.29 is 17.9 Å². The summed E-state index contributed by atoms with van der Waals surface area (Å²) >= 11 is 5.83. The molecule has 0 unspecified atom stereocenters. The normalized spacial score (nSPS) is 15.9. The van der Waals surface area contributed by atoms with E-state index in [0.29, 0.717) is 42.6 Å². The Hall–Kier alpha value is -2.13. The fraction of sp³-hybridized carbons (Fsp3) is 0.316. The van der Waals surface area contributed by atoms with Gasteiger partial charge in [0.2, 0.25) is 15.9 Å². The molecule has 0 radical (unpaired) electrons. The summed E-state index contributed by atoms with van der Waals surface area (Å²) in [4.78, 5) is 14.5. The number of piperazine rings is 1. The molecule has 2 aromatic carbocycles. The number of methoxy groups -OCH3 is 1. The minimum atomic E-state index is -3.56. The predicted octanol–water partition coefficient (Wildman–Crippen LogP) is 2.29. The lowest BCUT2D eigenvalue weighted by Crippen LogP contribution is -2.50. The first kappa shape index (κ1) is 20.6. The minimum Gasteiger partial charge on any atom is -0.495 e. The Morgan fingerprint density at radius 2 is 1.71 bits per heavy atom. The van der Waals surface area contributed by atoms with Crippen LogP contribution in [0.5, 0.6) is 5.75 Å². The van der Waals surface area contributed by atoms with Crippen LogP contribution < -0.4 is 10.1 Å². The molecular formula is C19H22ClN3O4S. The first-order valence-electron chi connectivity index (χ1n) is 8.81. The van der Waals surface area contributed by atoms with E-state index in [2.05, 4.69) is 5.32 Å². The number of rotatable bonds is 6. The van der Waals surface area contributed by atoms with Gasteiger partial charge in [0, 0.05) is 31.2 Å². The smallest absolute Gasteiger partial charge is 0.243 e. The van der Waals surface area contributed by atoms with E-state index in [4.69, 9.17) is 16.3 Å². The quantitative estimate of drug-likeness (QED) is 0.771. The number of sulfonamides is 1. The fourth-order valence-electron chi connectivity index (χ4n) is 3.02. The Kier molecular flexibility index (Phi) is 6.56. The monoisotopic (exact) mass is 423 g/mol. The van der Waals surface area contributed by atoms with E-state index in [1.165, 1.54) is 16.4 Å². The Morgan fingerprint density at radius 3 is 2.36 bits per heavy atom. The third kappa shape index (κ3) is 4.82. The second-order valence-electron chi connectivity index (χ2n) is 6.38. The molecule has 2 aromatic rings. The van der Waals surface area contributed by atoms with Crippen LogP contribution in [0.3, 0.4) is 0 Å². The highest BCUT2D eigenvalue weighted by molar-refractivity contribution is 7.89. The summed E-state index contributed by atoms with van der Waals surface area (Å²) in [7, 11) is -2.01. The number of amides is 1. The number of halogens is 1. The number of ether oxygens (including phenoxy) is 1. The van der Waals surface area contributed by atoms with Crippen molar-refractivity contribution in [1.29, 1.82) is 0 Å². The van der Waals surface area contributed by atoms with Crippen molar-refractivity contribution in [2.75, 3.05) is 45.2 Å². The van der Waals surface area contributed by atoms with Gasteiger partial charge >= 0.3 is 0 Å². The van der Waals surface area contributed by atoms with Crippen molar-refractivity contribution in [1.82, 2.24) is 9.21 Å². The molecule has 7 nitrogen and oxygen atoms in total. The van der Waals surface area contributed by atoms with Gasteiger partial charge in [0.25, 0.3) is 0 Å². The highest BCUT2D eigenvalue weighted by atomic mass is 35.5. The van der Waals surface area contributed by atoms with E-state index in [1.807, 2.05) is 17.0 Å². The van der Waals surface area contributed by atoms with Gasteiger partial charge in [-0.2, -0.15) is 4.31 Å². The zero-order valence-electron chi connectivity index (χ0n) is 15.5. The fourth-order valence-corrected chi connectivity index (χ4v) is 4.57. The number of anilines is 1. The molecule has 9 heteroatoms. The van der Waals surface area contributed by atoms with Gasteiger partial charge in [-0.25, -0.2) is 8.42 Å². The van der Waals surface area contributed by atoms with Crippen molar-refractivity contribution in [3.8, 4) is 5.75 Å². The molecule has 28 heavy (non-hydrogen) atoms. The molecule has 0 bridgehead atoms. The molecule has 1 saturated heterocycles. The largest absolute Gasteiger partial charge is 0.495 e. The summed E-state index contributed by atoms with van der Waals surface area (Å²) in [6, 6.07) is 13.3. The van der Waals surface area contributed by atoms with Crippen LogP contribution >= 0.6 is 11.6 Å². The van der Waals surface area contributed by atoms with Gasteiger partial charge in [-0.15, -0.1) is 0 Å². The summed E-state index contributed by atoms with van der Waals surface area (Å²) in [5.74, 6) is 0.424. The lowest BCUT2D eigenvalue weighted by molar-refractivity contribution is -0.117. The second-order valence-corrected chi connectivity index (χ2v) is 8.76. The molecule has 1 heterocycles. The maximum absolute atomic E-state index is 12.7. The van der Waals surface area contributed by atoms with Crippen LogP contribution in [-0.2, 0) is 14.8 Å². The standard InChI is InChI=1S/C19H22ClN3O4S/c1-27-18-5-3-2-4-17(18)21-19(24)14-22-10-12-23(13-11-22)28(25,26)16-8-6-15(20)7-9-16/h2-9H,10-14H2,1H3,(H,21,24). The highest BCUT2D eigenvalue weighted by Gasteiger charge is 2.29. The average Bonchev–Trinajstić information content (AvgIpc) is 2.69. The number of hydrogen-bond acceptors (Lipinski definition) is 5. The van der Waals surface area contributed by atoms with Gasteiger partial charge < -0.3 is 10.1 Å². The third-order valence-electron chi connectivity index (χ3n) is 4.53. The molecule has 1 fully saturated rings. The molecule has 0 aromatic heterocycles. The average molecular weight is 424 g/mol. The maximum Gasteiger partial charge on any atom is 0.243 e. The van der Waals surface area contributed by atoms with Gasteiger partial charge in [0.1, 0.15) is 5.75 Å². The molecule has 0 atom stereocenters. The van der Waals surface area contributed by atoms with Crippen LogP contribution in [0.15, 0.2) is 53.4 Å². The second kappa shape index (κ2) is 8.91. The Bertz CT molecular complexity index is 926. The van der Waals surface area contributed by atoms with Crippen molar-refractivity contribution in [3.05, 3.63) is 53.6 Å². The van der Waals surface area contributed by atoms with Gasteiger partial charge in [0.15, 0.2) is 0 Å². The van der Waals surface area contributed by atoms with Crippen molar-refractivity contribution in [3.63, 3.8) is 0 Å². The predicted molar refractivity (Wildman–Crippen MR) is 108 cm³/mol. The van der Waals surface area contributed by atoms with E-state index in [1.54, 1.807) is 31.4 Å². The van der Waals surface area contributed by atoms with Gasteiger partial charge in [-0.05, 0) is 36.4 Å². The number of nitrogens with one attached hydrogen (secondary N) is 1. The molecule has 1 N–H and O–H groups in total. The first-order valence-corrected chi connectivity index (χ1v) is 10.6. The molecule has 1 amide bonds. The molecule has 1 aliphatic rings. The molecule has 0 spiro atoms. The molecule has 1 aliphatic heterocycles. The molecule has 0 aliphatic carbocycles. The van der Waals surface area contributed by atoms with Crippen LogP contribution in [0.25, 0.3) is 0 Å². The lowest BCUT2D eigenvalue weighted by atomic mass is 10.3. The number of para-hydroxylation sites is 2. The van der Waals surface area contributed by atoms with E-state index in [9.17, 15) is 13.2 Å². The summed E-state index contributed by atoms with van der Waals surface area (Å²) < 4.78 is 32.1. The van der Waals surface area contributed by atoms with Crippen LogP contribution in [0.1, 0.15) is 0 Å². The summed E-state index contributed by atoms with van der Waals surface area (Å²) in [5, 5.41) is 3.32. The number of nitrogens with zero attached hydrogens (tertiary/aromatic N) is 2. The first-order chi connectivity index (χ1) is 13.4. The SMILES string of the molecule is COc1ccccc1NC(=O)CN1CCN(S(=O)(=O)c2ccc(Cl)cc2)CC1. The van der Waals surface area contributed by atoms with E-state index in [0.717, 1.165) is 0 Å². The van der Waals surface area contributed by atoms with Gasteiger partial charge in [0.05, 0.1) is 24.2 Å². The molecule has 3 rings (SSSR count). The summed E-state index contributed by atoms with van der Waals surface area (Å²) in [5.41, 5.74) is 0.610. The van der Waals surface area contributed by atoms with E-state index >= 15 is 0 Å². The maximum atomic E-state index is 12.7.